The Kier molecular flexibility index (Phi) is 4.50. The van der Waals surface area contributed by atoms with E-state index in [4.69, 9.17) is 5.14 Å². The molecule has 0 saturated carbocycles. The normalized spacial score (nSPS) is 17.5. The molecule has 1 aromatic carbocycles. The lowest BCUT2D eigenvalue weighted by Gasteiger charge is -2.16. The number of primary sulfonamides is 1. The molecule has 24 heavy (non-hydrogen) atoms. The Bertz CT molecular complexity index is 856. The summed E-state index contributed by atoms with van der Waals surface area (Å²) in [5, 5.41) is 13.9. The lowest BCUT2D eigenvalue weighted by atomic mass is 10.1. The molecule has 1 aliphatic carbocycles. The van der Waals surface area contributed by atoms with Crippen molar-refractivity contribution in [1.82, 2.24) is 5.32 Å². The van der Waals surface area contributed by atoms with Crippen molar-refractivity contribution < 1.29 is 13.2 Å². The number of hydrazone groups is 1. The van der Waals surface area contributed by atoms with Gasteiger partial charge in [-0.1, -0.05) is 12.1 Å². The van der Waals surface area contributed by atoms with E-state index in [0.29, 0.717) is 24.1 Å². The summed E-state index contributed by atoms with van der Waals surface area (Å²) in [6.45, 7) is 0.788. The number of nitrogens with zero attached hydrogens (tertiary/aromatic N) is 2. The first kappa shape index (κ1) is 16.4. The average molecular weight is 346 g/mol. The number of nitrogens with two attached hydrogens (primary N) is 1. The number of allylic oxidation sites excluding steroid dienone is 3. The van der Waals surface area contributed by atoms with Gasteiger partial charge in [-0.15, -0.1) is 0 Å². The quantitative estimate of drug-likeness (QED) is 0.861. The van der Waals surface area contributed by atoms with E-state index in [1.54, 1.807) is 24.3 Å². The van der Waals surface area contributed by atoms with E-state index in [0.717, 1.165) is 18.7 Å². The lowest BCUT2D eigenvalue weighted by Crippen LogP contribution is -2.25. The number of anilines is 1. The van der Waals surface area contributed by atoms with E-state index < -0.39 is 10.0 Å². The zero-order valence-electron chi connectivity index (χ0n) is 13.0. The molecule has 2 aliphatic rings. The fraction of sp³-hybridized carbons (Fsp3) is 0.250. The predicted molar refractivity (Wildman–Crippen MR) is 92.9 cm³/mol. The van der Waals surface area contributed by atoms with Gasteiger partial charge in [0.15, 0.2) is 0 Å². The number of carbonyl (C=O) groups is 1. The minimum absolute atomic E-state index is 0.125. The van der Waals surface area contributed by atoms with E-state index in [9.17, 15) is 13.2 Å². The SMILES string of the molecule is NS(=O)(=O)C1=CC(NC(=O)c2cccc(N3CCC=N3)c2)=CCC1. The molecule has 0 fully saturated rings. The maximum Gasteiger partial charge on any atom is 0.255 e. The molecule has 1 aliphatic heterocycles. The largest absolute Gasteiger partial charge is 0.322 e. The Morgan fingerprint density at radius 2 is 2.12 bits per heavy atom. The highest BCUT2D eigenvalue weighted by atomic mass is 32.2. The fourth-order valence-electron chi connectivity index (χ4n) is 2.59. The Hall–Kier alpha value is -2.45. The van der Waals surface area contributed by atoms with Gasteiger partial charge >= 0.3 is 0 Å². The van der Waals surface area contributed by atoms with E-state index >= 15 is 0 Å². The van der Waals surface area contributed by atoms with E-state index in [2.05, 4.69) is 10.4 Å². The second kappa shape index (κ2) is 6.58. The maximum atomic E-state index is 12.4. The van der Waals surface area contributed by atoms with Crippen LogP contribution in [0, 0.1) is 0 Å². The van der Waals surface area contributed by atoms with Crippen LogP contribution < -0.4 is 15.5 Å². The Morgan fingerprint density at radius 1 is 1.29 bits per heavy atom. The molecular weight excluding hydrogens is 328 g/mol. The molecule has 7 nitrogen and oxygen atoms in total. The van der Waals surface area contributed by atoms with Crippen molar-refractivity contribution in [1.29, 1.82) is 0 Å². The first-order valence-electron chi connectivity index (χ1n) is 7.58. The van der Waals surface area contributed by atoms with Crippen LogP contribution in [0.2, 0.25) is 0 Å². The predicted octanol–water partition coefficient (Wildman–Crippen LogP) is 1.46. The van der Waals surface area contributed by atoms with Crippen LogP contribution in [-0.4, -0.2) is 27.1 Å². The molecule has 3 rings (SSSR count). The number of nitrogens with one attached hydrogen (secondary N) is 1. The standard InChI is InChI=1S/C16H18N4O3S/c17-24(22,23)15-7-2-5-13(11-15)19-16(21)12-4-1-6-14(10-12)20-9-3-8-18-20/h1,4-6,8,10-11H,2-3,7,9H2,(H,19,21)(H2,17,22,23). The number of amides is 1. The summed E-state index contributed by atoms with van der Waals surface area (Å²) in [6, 6.07) is 7.13. The fourth-order valence-corrected chi connectivity index (χ4v) is 3.28. The summed E-state index contributed by atoms with van der Waals surface area (Å²) < 4.78 is 22.9. The number of benzene rings is 1. The van der Waals surface area contributed by atoms with E-state index in [-0.39, 0.29) is 10.8 Å². The van der Waals surface area contributed by atoms with Crippen molar-refractivity contribution in [2.45, 2.75) is 19.3 Å². The summed E-state index contributed by atoms with van der Waals surface area (Å²) >= 11 is 0. The van der Waals surface area contributed by atoms with Gasteiger partial charge < -0.3 is 5.32 Å². The first-order valence-corrected chi connectivity index (χ1v) is 9.13. The van der Waals surface area contributed by atoms with Crippen molar-refractivity contribution in [3.05, 3.63) is 52.6 Å². The van der Waals surface area contributed by atoms with Crippen molar-refractivity contribution in [2.75, 3.05) is 11.6 Å². The van der Waals surface area contributed by atoms with Gasteiger partial charge in [-0.3, -0.25) is 9.80 Å². The van der Waals surface area contributed by atoms with Gasteiger partial charge in [0.1, 0.15) is 0 Å². The molecule has 0 unspecified atom stereocenters. The summed E-state index contributed by atoms with van der Waals surface area (Å²) in [7, 11) is -3.73. The third-order valence-electron chi connectivity index (χ3n) is 3.79. The van der Waals surface area contributed by atoms with Gasteiger partial charge in [0.05, 0.1) is 10.6 Å². The molecule has 0 bridgehead atoms. The smallest absolute Gasteiger partial charge is 0.255 e. The molecule has 8 heteroatoms. The lowest BCUT2D eigenvalue weighted by molar-refractivity contribution is 0.0967. The van der Waals surface area contributed by atoms with Crippen molar-refractivity contribution in [3.8, 4) is 0 Å². The van der Waals surface area contributed by atoms with Crippen LogP contribution in [0.1, 0.15) is 29.6 Å². The van der Waals surface area contributed by atoms with Gasteiger partial charge in [-0.25, -0.2) is 13.6 Å². The highest BCUT2D eigenvalue weighted by Crippen LogP contribution is 2.21. The molecule has 0 atom stereocenters. The van der Waals surface area contributed by atoms with Crippen LogP contribution >= 0.6 is 0 Å². The first-order chi connectivity index (χ1) is 11.4. The van der Waals surface area contributed by atoms with Gasteiger partial charge in [0.2, 0.25) is 10.0 Å². The summed E-state index contributed by atoms with van der Waals surface area (Å²) in [6.07, 6.45) is 6.76. The van der Waals surface area contributed by atoms with Crippen LogP contribution in [0.3, 0.4) is 0 Å². The van der Waals surface area contributed by atoms with Crippen molar-refractivity contribution in [3.63, 3.8) is 0 Å². The minimum atomic E-state index is -3.73. The van der Waals surface area contributed by atoms with Crippen molar-refractivity contribution >= 4 is 27.8 Å². The monoisotopic (exact) mass is 346 g/mol. The summed E-state index contributed by atoms with van der Waals surface area (Å²) in [5.41, 5.74) is 1.77. The third-order valence-corrected chi connectivity index (χ3v) is 4.85. The molecule has 0 radical (unpaired) electrons. The second-order valence-electron chi connectivity index (χ2n) is 5.57. The topological polar surface area (TPSA) is 105 Å². The van der Waals surface area contributed by atoms with Crippen LogP contribution in [0.25, 0.3) is 0 Å². The number of carbonyl (C=O) groups excluding carboxylic acids is 1. The summed E-state index contributed by atoms with van der Waals surface area (Å²) in [4.78, 5) is 12.5. The molecule has 1 heterocycles. The van der Waals surface area contributed by atoms with E-state index in [1.165, 1.54) is 6.08 Å². The van der Waals surface area contributed by atoms with Crippen molar-refractivity contribution in [2.24, 2.45) is 10.2 Å². The number of sulfonamides is 1. The molecule has 126 valence electrons. The third kappa shape index (κ3) is 3.72. The highest BCUT2D eigenvalue weighted by Gasteiger charge is 2.17. The number of rotatable bonds is 4. The summed E-state index contributed by atoms with van der Waals surface area (Å²) in [5.74, 6) is -0.307. The molecule has 1 amide bonds. The second-order valence-corrected chi connectivity index (χ2v) is 7.18. The highest BCUT2D eigenvalue weighted by molar-refractivity contribution is 7.93. The van der Waals surface area contributed by atoms with Crippen LogP contribution in [0.15, 0.2) is 52.1 Å². The molecule has 0 spiro atoms. The van der Waals surface area contributed by atoms with Crippen LogP contribution in [0.4, 0.5) is 5.69 Å². The minimum Gasteiger partial charge on any atom is -0.322 e. The van der Waals surface area contributed by atoms with Gasteiger partial charge in [-0.2, -0.15) is 5.10 Å². The Balaban J connectivity index is 1.76. The molecular formula is C16H18N4O3S. The Morgan fingerprint density at radius 3 is 2.83 bits per heavy atom. The molecule has 3 N–H and O–H groups in total. The maximum absolute atomic E-state index is 12.4. The molecule has 0 saturated heterocycles. The van der Waals surface area contributed by atoms with Gasteiger partial charge in [0.25, 0.3) is 5.91 Å². The number of hydrogen-bond donors (Lipinski definition) is 2. The zero-order valence-corrected chi connectivity index (χ0v) is 13.8. The average Bonchev–Trinajstić information content (AvgIpc) is 3.09. The Labute approximate surface area is 140 Å². The van der Waals surface area contributed by atoms with Crippen LogP contribution in [-0.2, 0) is 10.0 Å². The van der Waals surface area contributed by atoms with Gasteiger partial charge in [-0.05, 0) is 37.1 Å². The zero-order chi connectivity index (χ0) is 17.2. The van der Waals surface area contributed by atoms with Gasteiger partial charge in [0, 0.05) is 30.4 Å². The number of hydrogen-bond acceptors (Lipinski definition) is 5. The molecule has 1 aromatic rings. The van der Waals surface area contributed by atoms with Crippen LogP contribution in [0.5, 0.6) is 0 Å². The molecule has 0 aromatic heterocycles. The van der Waals surface area contributed by atoms with E-state index in [1.807, 2.05) is 17.3 Å².